The molecule has 0 aromatic heterocycles. The van der Waals surface area contributed by atoms with Crippen molar-refractivity contribution in [1.29, 1.82) is 0 Å². The van der Waals surface area contributed by atoms with Gasteiger partial charge in [0.2, 0.25) is 0 Å². The van der Waals surface area contributed by atoms with Crippen LogP contribution in [0.3, 0.4) is 0 Å². The molecule has 0 spiro atoms. The van der Waals surface area contributed by atoms with Crippen molar-refractivity contribution in [3.63, 3.8) is 0 Å². The summed E-state index contributed by atoms with van der Waals surface area (Å²) in [4.78, 5) is -0.886. The average molecular weight is 879 g/mol. The van der Waals surface area contributed by atoms with E-state index in [0.717, 1.165) is 73.9 Å². The quantitative estimate of drug-likeness (QED) is 0.0351. The van der Waals surface area contributed by atoms with Crippen LogP contribution in [0.4, 0.5) is 0 Å². The molecule has 0 amide bonds. The van der Waals surface area contributed by atoms with Crippen molar-refractivity contribution in [2.75, 3.05) is 0 Å². The van der Waals surface area contributed by atoms with Crippen LogP contribution in [0, 0.1) is 0 Å². The second kappa shape index (κ2) is 28.6. The van der Waals surface area contributed by atoms with Crippen LogP contribution in [-0.2, 0) is 33.1 Å². The van der Waals surface area contributed by atoms with Crippen molar-refractivity contribution >= 4 is 58.0 Å². The summed E-state index contributed by atoms with van der Waals surface area (Å²) in [6.07, 6.45) is 23.9. The Morgan fingerprint density at radius 1 is 0.508 bits per heavy atom. The van der Waals surface area contributed by atoms with E-state index < -0.39 is 30.9 Å². The third-order valence-electron chi connectivity index (χ3n) is 9.87. The van der Waals surface area contributed by atoms with Crippen LogP contribution in [0.15, 0.2) is 94.7 Å². The molecule has 0 fully saturated rings. The molecule has 4 aromatic rings. The molecular weight excluding hydrogens is 817 g/mol. The molecule has 4 aromatic carbocycles. The smallest absolute Gasteiger partial charge is 0.872 e. The van der Waals surface area contributed by atoms with Gasteiger partial charge in [0.05, 0.1) is 4.90 Å². The first-order valence-electron chi connectivity index (χ1n) is 20.9. The minimum Gasteiger partial charge on any atom is -0.872 e. The molecule has 10 nitrogen and oxygen atoms in total. The van der Waals surface area contributed by atoms with Gasteiger partial charge in [-0.1, -0.05) is 159 Å². The number of benzene rings is 4. The summed E-state index contributed by atoms with van der Waals surface area (Å²) >= 11 is 0. The predicted molar refractivity (Wildman–Crippen MR) is 232 cm³/mol. The number of unbranched alkanes of at least 4 members (excludes halogenated alkanes) is 16. The molecule has 2 N–H and O–H groups in total. The van der Waals surface area contributed by atoms with Gasteiger partial charge in [0, 0.05) is 6.07 Å². The van der Waals surface area contributed by atoms with Crippen LogP contribution in [0.1, 0.15) is 141 Å². The van der Waals surface area contributed by atoms with Gasteiger partial charge in [0.25, 0.3) is 10.1 Å². The van der Waals surface area contributed by atoms with E-state index in [4.69, 9.17) is 9.47 Å². The Labute approximate surface area is 383 Å². The molecule has 0 radical (unpaired) electrons. The van der Waals surface area contributed by atoms with Gasteiger partial charge in [-0.2, -0.15) is 8.42 Å². The monoisotopic (exact) mass is 878 g/mol. The number of phenolic OH excluding ortho intramolecular Hbond substituents is 1. The molecular formula is C46H62CaO10S2. The second-order valence-corrected chi connectivity index (χ2v) is 17.5. The van der Waals surface area contributed by atoms with Gasteiger partial charge in [0.1, 0.15) is 38.0 Å². The molecule has 0 heterocycles. The summed E-state index contributed by atoms with van der Waals surface area (Å²) in [5.74, 6) is 0.150. The Kier molecular flexibility index (Phi) is 25.4. The first-order valence-corrected chi connectivity index (χ1v) is 23.8. The maximum atomic E-state index is 11.6. The van der Waals surface area contributed by atoms with E-state index in [0.29, 0.717) is 11.5 Å². The molecule has 0 aliphatic rings. The molecule has 59 heavy (non-hydrogen) atoms. The second-order valence-electron chi connectivity index (χ2n) is 14.7. The molecule has 4 rings (SSSR count). The molecule has 13 heteroatoms. The number of ether oxygens (including phenoxy) is 2. The van der Waals surface area contributed by atoms with Gasteiger partial charge in [0.15, 0.2) is 5.75 Å². The normalized spacial score (nSPS) is 11.3. The van der Waals surface area contributed by atoms with E-state index in [1.54, 1.807) is 18.2 Å². The van der Waals surface area contributed by atoms with Gasteiger partial charge in [-0.25, -0.2) is 8.42 Å². The van der Waals surface area contributed by atoms with Crippen LogP contribution in [0.2, 0.25) is 0 Å². The predicted octanol–water partition coefficient (Wildman–Crippen LogP) is 11.7. The number of aryl methyl sites for hydroxylation is 2. The molecule has 0 aliphatic heterocycles. The Hall–Kier alpha value is -2.84. The maximum Gasteiger partial charge on any atom is 2.00 e. The fourth-order valence-corrected chi connectivity index (χ4v) is 7.85. The summed E-state index contributed by atoms with van der Waals surface area (Å²) < 4.78 is 78.4. The van der Waals surface area contributed by atoms with E-state index in [-0.39, 0.29) is 59.9 Å². The molecule has 320 valence electrons. The van der Waals surface area contributed by atoms with Crippen molar-refractivity contribution in [1.82, 2.24) is 0 Å². The summed E-state index contributed by atoms with van der Waals surface area (Å²) in [7, 11) is -9.19. The molecule has 0 saturated carbocycles. The van der Waals surface area contributed by atoms with Gasteiger partial charge in [-0.3, -0.25) is 4.55 Å². The van der Waals surface area contributed by atoms with Crippen molar-refractivity contribution in [3.05, 3.63) is 96.1 Å². The third kappa shape index (κ3) is 20.5. The Morgan fingerprint density at radius 3 is 1.32 bits per heavy atom. The standard InChI is InChI=1S/2C23H32O5S.Ca/c2*1-2-3-4-5-6-7-8-9-10-13-19-14-11-12-15-21(19)28-22-18-20(24)16-17-23(22)29(25,26)27;/h2*11-12,14-18,24H,2-10,13H2,1H3,(H,25,26,27);/q;;+2/p-2. The van der Waals surface area contributed by atoms with Crippen molar-refractivity contribution in [3.8, 4) is 34.5 Å². The fourth-order valence-electron chi connectivity index (χ4n) is 6.67. The Bertz CT molecular complexity index is 1870. The summed E-state index contributed by atoms with van der Waals surface area (Å²) in [6.45, 7) is 4.45. The zero-order valence-corrected chi connectivity index (χ0v) is 38.8. The fraction of sp³-hybridized carbons (Fsp3) is 0.478. The van der Waals surface area contributed by atoms with E-state index >= 15 is 0 Å². The minimum absolute atomic E-state index is 0. The number of hydrogen-bond donors (Lipinski definition) is 2. The summed E-state index contributed by atoms with van der Waals surface area (Å²) in [6, 6.07) is 21.4. The summed E-state index contributed by atoms with van der Waals surface area (Å²) in [5, 5.41) is 21.3. The zero-order chi connectivity index (χ0) is 42.2. The van der Waals surface area contributed by atoms with E-state index in [1.165, 1.54) is 102 Å². The maximum absolute atomic E-state index is 11.6. The number of aromatic hydroxyl groups is 1. The first kappa shape index (κ1) is 52.3. The number of rotatable bonds is 26. The topological polar surface area (TPSA) is 173 Å². The largest absolute Gasteiger partial charge is 2.00 e. The third-order valence-corrected chi connectivity index (χ3v) is 11.6. The Balaban J connectivity index is 0.000000400. The SMILES string of the molecule is CCCCCCCCCCCc1ccccc1Oc1cc(O)ccc1S(=O)(=O)O.CCCCCCCCCCCc1ccccc1Oc1cc([O-])ccc1S(=O)(=O)[O-].[Ca+2]. The minimum atomic E-state index is -4.73. The van der Waals surface area contributed by atoms with Crippen LogP contribution >= 0.6 is 0 Å². The molecule has 0 aliphatic carbocycles. The first-order chi connectivity index (χ1) is 27.8. The van der Waals surface area contributed by atoms with E-state index in [9.17, 15) is 36.2 Å². The van der Waals surface area contributed by atoms with Gasteiger partial charge >= 0.3 is 37.7 Å². The van der Waals surface area contributed by atoms with E-state index in [2.05, 4.69) is 13.8 Å². The van der Waals surface area contributed by atoms with Crippen molar-refractivity contribution in [2.24, 2.45) is 0 Å². The van der Waals surface area contributed by atoms with Crippen LogP contribution < -0.4 is 14.6 Å². The average Bonchev–Trinajstić information content (AvgIpc) is 3.17. The van der Waals surface area contributed by atoms with Gasteiger partial charge in [-0.15, -0.1) is 5.75 Å². The van der Waals surface area contributed by atoms with Crippen LogP contribution in [0.5, 0.6) is 34.5 Å². The van der Waals surface area contributed by atoms with E-state index in [1.807, 2.05) is 30.3 Å². The molecule has 0 bridgehead atoms. The van der Waals surface area contributed by atoms with Crippen LogP contribution in [-0.4, -0.2) is 68.8 Å². The molecule has 0 atom stereocenters. The van der Waals surface area contributed by atoms with Crippen LogP contribution in [0.25, 0.3) is 0 Å². The van der Waals surface area contributed by atoms with Crippen molar-refractivity contribution < 1.29 is 45.6 Å². The number of hydrogen-bond acceptors (Lipinski definition) is 9. The van der Waals surface area contributed by atoms with Gasteiger partial charge in [-0.05, 0) is 73.2 Å². The van der Waals surface area contributed by atoms with Gasteiger partial charge < -0.3 is 24.2 Å². The Morgan fingerprint density at radius 2 is 0.898 bits per heavy atom. The molecule has 0 unspecified atom stereocenters. The summed E-state index contributed by atoms with van der Waals surface area (Å²) in [5.41, 5.74) is 1.90. The van der Waals surface area contributed by atoms with Crippen molar-refractivity contribution in [2.45, 2.75) is 152 Å². The zero-order valence-electron chi connectivity index (χ0n) is 34.9. The molecule has 0 saturated heterocycles. The number of para-hydroxylation sites is 2. The number of phenols is 1.